The molecule has 1 amide bonds. The number of thioether (sulfide) groups is 1. The van der Waals surface area contributed by atoms with Crippen LogP contribution in [-0.2, 0) is 4.79 Å². The molecule has 2 rings (SSSR count). The molecule has 1 fully saturated rings. The largest absolute Gasteiger partial charge is 0.326 e. The number of benzene rings is 1. The fourth-order valence-electron chi connectivity index (χ4n) is 1.82. The Kier molecular flexibility index (Phi) is 6.54. The van der Waals surface area contributed by atoms with Gasteiger partial charge < -0.3 is 10.6 Å². The van der Waals surface area contributed by atoms with Crippen LogP contribution in [-0.4, -0.2) is 30.0 Å². The van der Waals surface area contributed by atoms with Crippen LogP contribution < -0.4 is 10.6 Å². The Morgan fingerprint density at radius 1 is 1.44 bits per heavy atom. The number of nitrogens with one attached hydrogen (secondary N) is 2. The third-order valence-corrected chi connectivity index (χ3v) is 3.90. The van der Waals surface area contributed by atoms with Crippen molar-refractivity contribution in [1.82, 2.24) is 5.32 Å². The molecule has 3 nitrogen and oxygen atoms in total. The third kappa shape index (κ3) is 4.88. The summed E-state index contributed by atoms with van der Waals surface area (Å²) in [7, 11) is 0. The van der Waals surface area contributed by atoms with Gasteiger partial charge in [0, 0.05) is 36.2 Å². The Balaban J connectivity index is 0.00000162. The molecular weight excluding hydrogens is 268 g/mol. The van der Waals surface area contributed by atoms with Gasteiger partial charge in [0.05, 0.1) is 0 Å². The lowest BCUT2D eigenvalue weighted by molar-refractivity contribution is -0.116. The molecule has 1 unspecified atom stereocenters. The number of anilines is 1. The van der Waals surface area contributed by atoms with E-state index in [1.54, 1.807) is 0 Å². The topological polar surface area (TPSA) is 41.1 Å². The first kappa shape index (κ1) is 15.3. The van der Waals surface area contributed by atoms with E-state index in [9.17, 15) is 4.79 Å². The third-order valence-electron chi connectivity index (χ3n) is 2.77. The zero-order chi connectivity index (χ0) is 12.1. The van der Waals surface area contributed by atoms with E-state index in [0.29, 0.717) is 12.5 Å². The van der Waals surface area contributed by atoms with Crippen molar-refractivity contribution < 1.29 is 4.79 Å². The van der Waals surface area contributed by atoms with Crippen LogP contribution in [0.15, 0.2) is 24.3 Å². The van der Waals surface area contributed by atoms with Crippen LogP contribution in [0.4, 0.5) is 5.69 Å². The Bertz CT molecular complexity index is 377. The van der Waals surface area contributed by atoms with Gasteiger partial charge in [-0.15, -0.1) is 12.4 Å². The first-order valence-electron chi connectivity index (χ1n) is 5.92. The van der Waals surface area contributed by atoms with Crippen LogP contribution in [0.25, 0.3) is 0 Å². The van der Waals surface area contributed by atoms with Crippen molar-refractivity contribution in [1.29, 1.82) is 0 Å². The second-order valence-electron chi connectivity index (χ2n) is 4.34. The minimum Gasteiger partial charge on any atom is -0.326 e. The summed E-state index contributed by atoms with van der Waals surface area (Å²) >= 11 is 1.91. The molecular formula is C13H19ClN2OS. The molecule has 1 aromatic rings. The van der Waals surface area contributed by atoms with E-state index in [4.69, 9.17) is 0 Å². The maximum absolute atomic E-state index is 11.8. The van der Waals surface area contributed by atoms with Crippen molar-refractivity contribution in [2.45, 2.75) is 19.4 Å². The summed E-state index contributed by atoms with van der Waals surface area (Å²) in [6.45, 7) is 3.04. The molecule has 18 heavy (non-hydrogen) atoms. The van der Waals surface area contributed by atoms with Crippen molar-refractivity contribution in [3.8, 4) is 0 Å². The van der Waals surface area contributed by atoms with E-state index in [1.807, 2.05) is 43.0 Å². The zero-order valence-corrected chi connectivity index (χ0v) is 12.1. The molecule has 1 atom stereocenters. The van der Waals surface area contributed by atoms with Crippen LogP contribution in [0.3, 0.4) is 0 Å². The average Bonchev–Trinajstić information content (AvgIpc) is 2.33. The Hall–Kier alpha value is -0.710. The van der Waals surface area contributed by atoms with Crippen molar-refractivity contribution in [3.05, 3.63) is 29.8 Å². The molecule has 0 aromatic heterocycles. The van der Waals surface area contributed by atoms with E-state index in [-0.39, 0.29) is 18.3 Å². The van der Waals surface area contributed by atoms with E-state index in [1.165, 1.54) is 5.56 Å². The lowest BCUT2D eigenvalue weighted by atomic mass is 10.2. The SMILES string of the molecule is Cc1ccc(NC(=O)CC2CSCCN2)cc1.Cl. The number of aryl methyl sites for hydroxylation is 1. The van der Waals surface area contributed by atoms with Crippen LogP contribution in [0.2, 0.25) is 0 Å². The van der Waals surface area contributed by atoms with Gasteiger partial charge in [0.1, 0.15) is 0 Å². The Labute approximate surface area is 119 Å². The quantitative estimate of drug-likeness (QED) is 0.897. The highest BCUT2D eigenvalue weighted by atomic mass is 35.5. The Morgan fingerprint density at radius 3 is 2.78 bits per heavy atom. The fourth-order valence-corrected chi connectivity index (χ4v) is 2.77. The van der Waals surface area contributed by atoms with E-state index < -0.39 is 0 Å². The van der Waals surface area contributed by atoms with E-state index >= 15 is 0 Å². The zero-order valence-electron chi connectivity index (χ0n) is 10.4. The summed E-state index contributed by atoms with van der Waals surface area (Å²) in [5.41, 5.74) is 2.08. The van der Waals surface area contributed by atoms with Gasteiger partial charge in [0.2, 0.25) is 5.91 Å². The van der Waals surface area contributed by atoms with Crippen LogP contribution in [0.1, 0.15) is 12.0 Å². The van der Waals surface area contributed by atoms with E-state index in [0.717, 1.165) is 23.7 Å². The van der Waals surface area contributed by atoms with Gasteiger partial charge in [0.25, 0.3) is 0 Å². The monoisotopic (exact) mass is 286 g/mol. The van der Waals surface area contributed by atoms with Gasteiger partial charge in [-0.2, -0.15) is 11.8 Å². The van der Waals surface area contributed by atoms with Gasteiger partial charge in [-0.1, -0.05) is 17.7 Å². The molecule has 100 valence electrons. The summed E-state index contributed by atoms with van der Waals surface area (Å²) in [6.07, 6.45) is 0.556. The number of amides is 1. The first-order chi connectivity index (χ1) is 8.24. The molecule has 1 aromatic carbocycles. The standard InChI is InChI=1S/C13H18N2OS.ClH/c1-10-2-4-11(5-3-10)15-13(16)8-12-9-17-7-6-14-12;/h2-5,12,14H,6-9H2,1H3,(H,15,16);1H. The number of carbonyl (C=O) groups excluding carboxylic acids is 1. The molecule has 0 spiro atoms. The predicted molar refractivity (Wildman–Crippen MR) is 80.8 cm³/mol. The average molecular weight is 287 g/mol. The second-order valence-corrected chi connectivity index (χ2v) is 5.49. The van der Waals surface area contributed by atoms with Gasteiger partial charge in [-0.05, 0) is 19.1 Å². The molecule has 1 saturated heterocycles. The fraction of sp³-hybridized carbons (Fsp3) is 0.462. The van der Waals surface area contributed by atoms with Gasteiger partial charge in [0.15, 0.2) is 0 Å². The number of rotatable bonds is 3. The number of hydrogen-bond donors (Lipinski definition) is 2. The van der Waals surface area contributed by atoms with Crippen LogP contribution in [0.5, 0.6) is 0 Å². The van der Waals surface area contributed by atoms with E-state index in [2.05, 4.69) is 10.6 Å². The molecule has 0 bridgehead atoms. The predicted octanol–water partition coefficient (Wildman–Crippen LogP) is 2.45. The lowest BCUT2D eigenvalue weighted by Gasteiger charge is -2.22. The smallest absolute Gasteiger partial charge is 0.225 e. The molecule has 0 radical (unpaired) electrons. The van der Waals surface area contributed by atoms with Gasteiger partial charge >= 0.3 is 0 Å². The van der Waals surface area contributed by atoms with Gasteiger partial charge in [-0.3, -0.25) is 4.79 Å². The Morgan fingerprint density at radius 2 is 2.17 bits per heavy atom. The first-order valence-corrected chi connectivity index (χ1v) is 7.07. The lowest BCUT2D eigenvalue weighted by Crippen LogP contribution is -2.39. The van der Waals surface area contributed by atoms with Crippen LogP contribution in [0, 0.1) is 6.92 Å². The number of carbonyl (C=O) groups is 1. The second kappa shape index (κ2) is 7.67. The molecule has 0 saturated carbocycles. The van der Waals surface area contributed by atoms with Crippen molar-refractivity contribution in [3.63, 3.8) is 0 Å². The minimum atomic E-state index is 0. The molecule has 1 aliphatic rings. The molecule has 1 aliphatic heterocycles. The normalized spacial score (nSPS) is 18.8. The minimum absolute atomic E-state index is 0. The molecule has 2 N–H and O–H groups in total. The number of halogens is 1. The highest BCUT2D eigenvalue weighted by Gasteiger charge is 2.16. The molecule has 5 heteroatoms. The summed E-state index contributed by atoms with van der Waals surface area (Å²) in [6, 6.07) is 8.21. The highest BCUT2D eigenvalue weighted by Crippen LogP contribution is 2.12. The van der Waals surface area contributed by atoms with Crippen molar-refractivity contribution >= 4 is 35.8 Å². The summed E-state index contributed by atoms with van der Waals surface area (Å²) in [5.74, 6) is 2.27. The number of hydrogen-bond acceptors (Lipinski definition) is 3. The van der Waals surface area contributed by atoms with Crippen molar-refractivity contribution in [2.24, 2.45) is 0 Å². The maximum Gasteiger partial charge on any atom is 0.225 e. The van der Waals surface area contributed by atoms with Gasteiger partial charge in [-0.25, -0.2) is 0 Å². The maximum atomic E-state index is 11.8. The van der Waals surface area contributed by atoms with Crippen molar-refractivity contribution in [2.75, 3.05) is 23.4 Å². The van der Waals surface area contributed by atoms with Crippen LogP contribution >= 0.6 is 24.2 Å². The highest BCUT2D eigenvalue weighted by molar-refractivity contribution is 7.99. The summed E-state index contributed by atoms with van der Waals surface area (Å²) < 4.78 is 0. The summed E-state index contributed by atoms with van der Waals surface area (Å²) in [5, 5.41) is 6.29. The summed E-state index contributed by atoms with van der Waals surface area (Å²) in [4.78, 5) is 11.8. The molecule has 1 heterocycles. The molecule has 0 aliphatic carbocycles.